The van der Waals surface area contributed by atoms with E-state index >= 15 is 0 Å². The highest BCUT2D eigenvalue weighted by atomic mass is 16.5. The molecular formula is C16H17N5O2. The number of hydrogen-bond acceptors (Lipinski definition) is 6. The number of para-hydroxylation sites is 1. The summed E-state index contributed by atoms with van der Waals surface area (Å²) in [6.45, 7) is 3.39. The summed E-state index contributed by atoms with van der Waals surface area (Å²) in [5.41, 5.74) is 1.33. The van der Waals surface area contributed by atoms with E-state index < -0.39 is 0 Å². The average molecular weight is 311 g/mol. The van der Waals surface area contributed by atoms with Gasteiger partial charge in [0.15, 0.2) is 0 Å². The smallest absolute Gasteiger partial charge is 0.341 e. The molecule has 7 heteroatoms. The summed E-state index contributed by atoms with van der Waals surface area (Å²) < 4.78 is 6.90. The predicted molar refractivity (Wildman–Crippen MR) is 86.2 cm³/mol. The van der Waals surface area contributed by atoms with Crippen LogP contribution in [-0.4, -0.2) is 38.9 Å². The molecule has 2 heterocycles. The average Bonchev–Trinajstić information content (AvgIpc) is 3.08. The van der Waals surface area contributed by atoms with E-state index in [1.165, 1.54) is 12.5 Å². The first kappa shape index (κ1) is 15.0. The number of nitrogens with zero attached hydrogens (tertiary/aromatic N) is 4. The maximum absolute atomic E-state index is 11.9. The second kappa shape index (κ2) is 6.87. The third-order valence-corrected chi connectivity index (χ3v) is 3.36. The van der Waals surface area contributed by atoms with Crippen LogP contribution in [-0.2, 0) is 11.3 Å². The lowest BCUT2D eigenvalue weighted by atomic mass is 10.2. The second-order valence-corrected chi connectivity index (χ2v) is 4.89. The fourth-order valence-electron chi connectivity index (χ4n) is 2.18. The van der Waals surface area contributed by atoms with Gasteiger partial charge in [-0.3, -0.25) is 4.68 Å². The molecule has 0 bridgehead atoms. The molecule has 1 N–H and O–H groups in total. The van der Waals surface area contributed by atoms with Gasteiger partial charge in [-0.15, -0.1) is 0 Å². The lowest BCUT2D eigenvalue weighted by Gasteiger charge is -2.08. The minimum atomic E-state index is -0.376. The molecule has 0 spiro atoms. The Kier molecular flexibility index (Phi) is 4.46. The van der Waals surface area contributed by atoms with Gasteiger partial charge in [-0.2, -0.15) is 5.10 Å². The molecule has 0 fully saturated rings. The van der Waals surface area contributed by atoms with Gasteiger partial charge in [0, 0.05) is 18.1 Å². The second-order valence-electron chi connectivity index (χ2n) is 4.89. The Hall–Kier alpha value is -2.96. The number of rotatable bonds is 6. The summed E-state index contributed by atoms with van der Waals surface area (Å²) in [6, 6.07) is 7.73. The molecule has 118 valence electrons. The van der Waals surface area contributed by atoms with Gasteiger partial charge < -0.3 is 10.1 Å². The number of hydrogen-bond donors (Lipinski definition) is 1. The number of benzene rings is 1. The molecule has 0 radical (unpaired) electrons. The Labute approximate surface area is 133 Å². The first-order chi connectivity index (χ1) is 11.3. The zero-order chi connectivity index (χ0) is 16.1. The van der Waals surface area contributed by atoms with E-state index in [0.29, 0.717) is 12.1 Å². The number of aromatic nitrogens is 4. The molecule has 0 aliphatic heterocycles. The summed E-state index contributed by atoms with van der Waals surface area (Å²) in [5.74, 6) is 0.351. The van der Waals surface area contributed by atoms with Crippen LogP contribution >= 0.6 is 0 Å². The maximum Gasteiger partial charge on any atom is 0.341 e. The molecular weight excluding hydrogens is 294 g/mol. The van der Waals surface area contributed by atoms with E-state index in [9.17, 15) is 4.79 Å². The molecule has 0 amide bonds. The number of ether oxygens (including phenoxy) is 1. The number of esters is 1. The van der Waals surface area contributed by atoms with Crippen LogP contribution in [0.1, 0.15) is 17.3 Å². The Bertz CT molecular complexity index is 810. The highest BCUT2D eigenvalue weighted by Gasteiger charge is 2.09. The molecule has 7 nitrogen and oxygen atoms in total. The van der Waals surface area contributed by atoms with Gasteiger partial charge in [-0.05, 0) is 19.1 Å². The van der Waals surface area contributed by atoms with Crippen molar-refractivity contribution in [1.29, 1.82) is 0 Å². The van der Waals surface area contributed by atoms with Crippen LogP contribution in [0.25, 0.3) is 10.9 Å². The third kappa shape index (κ3) is 3.45. The summed E-state index contributed by atoms with van der Waals surface area (Å²) in [4.78, 5) is 20.3. The van der Waals surface area contributed by atoms with Gasteiger partial charge >= 0.3 is 5.97 Å². The molecule has 2 aromatic heterocycles. The van der Waals surface area contributed by atoms with Gasteiger partial charge in [0.2, 0.25) is 0 Å². The standard InChI is InChI=1S/C16H17N5O2/c1-2-21-10-12(9-20-21)16(22)23-8-7-17-15-13-5-3-4-6-14(13)18-11-19-15/h3-6,9-11H,2,7-8H2,1H3,(H,17,18,19). The van der Waals surface area contributed by atoms with Crippen LogP contribution in [0.15, 0.2) is 43.0 Å². The SMILES string of the molecule is CCn1cc(C(=O)OCCNc2ncnc3ccccc23)cn1. The van der Waals surface area contributed by atoms with Crippen molar-refractivity contribution in [3.05, 3.63) is 48.5 Å². The van der Waals surface area contributed by atoms with Crippen molar-refractivity contribution in [1.82, 2.24) is 19.7 Å². The van der Waals surface area contributed by atoms with Gasteiger partial charge in [-0.25, -0.2) is 14.8 Å². The van der Waals surface area contributed by atoms with Crippen LogP contribution in [0.2, 0.25) is 0 Å². The van der Waals surface area contributed by atoms with E-state index in [1.807, 2.05) is 31.2 Å². The molecule has 1 aromatic carbocycles. The van der Waals surface area contributed by atoms with E-state index in [-0.39, 0.29) is 12.6 Å². The van der Waals surface area contributed by atoms with Gasteiger partial charge in [-0.1, -0.05) is 12.1 Å². The Morgan fingerprint density at radius 2 is 2.17 bits per heavy atom. The van der Waals surface area contributed by atoms with Crippen molar-refractivity contribution in [3.63, 3.8) is 0 Å². The summed E-state index contributed by atoms with van der Waals surface area (Å²) >= 11 is 0. The highest BCUT2D eigenvalue weighted by Crippen LogP contribution is 2.17. The van der Waals surface area contributed by atoms with Gasteiger partial charge in [0.1, 0.15) is 18.8 Å². The number of fused-ring (bicyclic) bond motifs is 1. The summed E-state index contributed by atoms with van der Waals surface area (Å²) in [6.07, 6.45) is 4.70. The molecule has 0 aliphatic carbocycles. The minimum absolute atomic E-state index is 0.245. The Balaban J connectivity index is 1.54. The van der Waals surface area contributed by atoms with Gasteiger partial charge in [0.25, 0.3) is 0 Å². The number of anilines is 1. The lowest BCUT2D eigenvalue weighted by molar-refractivity contribution is 0.0520. The topological polar surface area (TPSA) is 81.9 Å². The van der Waals surface area contributed by atoms with Crippen molar-refractivity contribution < 1.29 is 9.53 Å². The van der Waals surface area contributed by atoms with Crippen LogP contribution in [0.4, 0.5) is 5.82 Å². The molecule has 3 aromatic rings. The predicted octanol–water partition coefficient (Wildman–Crippen LogP) is 2.12. The van der Waals surface area contributed by atoms with Crippen molar-refractivity contribution >= 4 is 22.7 Å². The fourth-order valence-corrected chi connectivity index (χ4v) is 2.18. The zero-order valence-electron chi connectivity index (χ0n) is 12.8. The van der Waals surface area contributed by atoms with E-state index in [4.69, 9.17) is 4.74 Å². The van der Waals surface area contributed by atoms with Crippen LogP contribution in [0.3, 0.4) is 0 Å². The van der Waals surface area contributed by atoms with E-state index in [2.05, 4.69) is 20.4 Å². The molecule has 23 heavy (non-hydrogen) atoms. The molecule has 3 rings (SSSR count). The fraction of sp³-hybridized carbons (Fsp3) is 0.250. The zero-order valence-corrected chi connectivity index (χ0v) is 12.8. The van der Waals surface area contributed by atoms with E-state index in [1.54, 1.807) is 10.9 Å². The van der Waals surface area contributed by atoms with Gasteiger partial charge in [0.05, 0.1) is 23.8 Å². The lowest BCUT2D eigenvalue weighted by Crippen LogP contribution is -2.14. The maximum atomic E-state index is 11.9. The van der Waals surface area contributed by atoms with Crippen LogP contribution in [0.5, 0.6) is 0 Å². The van der Waals surface area contributed by atoms with Crippen molar-refractivity contribution in [2.24, 2.45) is 0 Å². The number of nitrogens with one attached hydrogen (secondary N) is 1. The van der Waals surface area contributed by atoms with Crippen LogP contribution < -0.4 is 5.32 Å². The Morgan fingerprint density at radius 3 is 3.00 bits per heavy atom. The van der Waals surface area contributed by atoms with Crippen molar-refractivity contribution in [2.45, 2.75) is 13.5 Å². The molecule has 0 saturated carbocycles. The van der Waals surface area contributed by atoms with Crippen LogP contribution in [0, 0.1) is 0 Å². The third-order valence-electron chi connectivity index (χ3n) is 3.36. The minimum Gasteiger partial charge on any atom is -0.460 e. The van der Waals surface area contributed by atoms with E-state index in [0.717, 1.165) is 23.3 Å². The number of carbonyl (C=O) groups is 1. The molecule has 0 aliphatic rings. The van der Waals surface area contributed by atoms with Crippen molar-refractivity contribution in [3.8, 4) is 0 Å². The summed E-state index contributed by atoms with van der Waals surface area (Å²) in [7, 11) is 0. The number of aryl methyl sites for hydroxylation is 1. The monoisotopic (exact) mass is 311 g/mol. The first-order valence-corrected chi connectivity index (χ1v) is 7.41. The quantitative estimate of drug-likeness (QED) is 0.554. The summed E-state index contributed by atoms with van der Waals surface area (Å²) in [5, 5.41) is 8.15. The largest absolute Gasteiger partial charge is 0.460 e. The Morgan fingerprint density at radius 1 is 1.30 bits per heavy atom. The number of carbonyl (C=O) groups excluding carboxylic acids is 1. The molecule has 0 unspecified atom stereocenters. The molecule has 0 saturated heterocycles. The first-order valence-electron chi connectivity index (χ1n) is 7.41. The highest BCUT2D eigenvalue weighted by molar-refractivity contribution is 5.89. The molecule has 0 atom stereocenters. The normalized spacial score (nSPS) is 10.7. The van der Waals surface area contributed by atoms with Crippen molar-refractivity contribution in [2.75, 3.05) is 18.5 Å².